The number of rotatable bonds is 0. The molecule has 68 valence electrons. The summed E-state index contributed by atoms with van der Waals surface area (Å²) in [5, 5.41) is 2.35. The lowest BCUT2D eigenvalue weighted by Gasteiger charge is -2.30. The average molecular weight is 177 g/mol. The van der Waals surface area contributed by atoms with Crippen molar-refractivity contribution in [1.82, 2.24) is 5.32 Å². The summed E-state index contributed by atoms with van der Waals surface area (Å²) in [6.45, 7) is 5.60. The number of imide groups is 1. The molecule has 1 fully saturated rings. The molecule has 0 bridgehead atoms. The van der Waals surface area contributed by atoms with E-state index in [2.05, 4.69) is 11.9 Å². The van der Waals surface area contributed by atoms with E-state index < -0.39 is 5.41 Å². The molecule has 3 nitrogen and oxygen atoms in total. The second-order valence-corrected chi connectivity index (χ2v) is 3.74. The van der Waals surface area contributed by atoms with Gasteiger partial charge in [-0.15, -0.1) is 0 Å². The molecule has 1 aliphatic carbocycles. The van der Waals surface area contributed by atoms with Crippen LogP contribution in [-0.4, -0.2) is 11.8 Å². The Morgan fingerprint density at radius 1 is 1.62 bits per heavy atom. The van der Waals surface area contributed by atoms with Crippen LogP contribution in [0.15, 0.2) is 24.3 Å². The monoisotopic (exact) mass is 177 g/mol. The molecule has 0 saturated carbocycles. The quantitative estimate of drug-likeness (QED) is 0.556. The number of carbonyl (C=O) groups is 2. The highest BCUT2D eigenvalue weighted by atomic mass is 16.2. The number of hydrogen-bond acceptors (Lipinski definition) is 2. The van der Waals surface area contributed by atoms with E-state index in [1.807, 2.05) is 12.2 Å². The van der Waals surface area contributed by atoms with Crippen molar-refractivity contribution in [2.75, 3.05) is 0 Å². The van der Waals surface area contributed by atoms with Gasteiger partial charge in [0.05, 0.1) is 11.3 Å². The van der Waals surface area contributed by atoms with Crippen molar-refractivity contribution in [1.29, 1.82) is 0 Å². The molecule has 2 atom stereocenters. The molecule has 0 aromatic carbocycles. The van der Waals surface area contributed by atoms with E-state index in [1.165, 1.54) is 0 Å². The standard InChI is InChI=1S/C10H11NO2/c1-6-4-3-5-7-8(12)11-9(13)10(6,7)2/h3-4,7H,1,5H2,2H3,(H,11,12,13). The summed E-state index contributed by atoms with van der Waals surface area (Å²) < 4.78 is 0. The predicted molar refractivity (Wildman–Crippen MR) is 47.6 cm³/mol. The van der Waals surface area contributed by atoms with E-state index in [0.717, 1.165) is 5.57 Å². The highest BCUT2D eigenvalue weighted by Gasteiger charge is 2.53. The zero-order valence-electron chi connectivity index (χ0n) is 7.46. The normalized spacial score (nSPS) is 37.6. The van der Waals surface area contributed by atoms with Crippen LogP contribution in [0.1, 0.15) is 13.3 Å². The van der Waals surface area contributed by atoms with Crippen LogP contribution in [0.25, 0.3) is 0 Å². The number of fused-ring (bicyclic) bond motifs is 1. The minimum atomic E-state index is -0.703. The predicted octanol–water partition coefficient (Wildman–Crippen LogP) is 0.781. The Kier molecular flexibility index (Phi) is 1.46. The fourth-order valence-electron chi connectivity index (χ4n) is 1.98. The number of nitrogens with one attached hydrogen (secondary N) is 1. The highest BCUT2D eigenvalue weighted by molar-refractivity contribution is 6.09. The molecular formula is C10H11NO2. The van der Waals surface area contributed by atoms with Crippen LogP contribution >= 0.6 is 0 Å². The smallest absolute Gasteiger partial charge is 0.237 e. The van der Waals surface area contributed by atoms with Gasteiger partial charge in [0, 0.05) is 0 Å². The minimum Gasteiger partial charge on any atom is -0.295 e. The van der Waals surface area contributed by atoms with Crippen molar-refractivity contribution in [2.24, 2.45) is 11.3 Å². The van der Waals surface area contributed by atoms with Crippen LogP contribution in [0.4, 0.5) is 0 Å². The molecule has 2 rings (SSSR count). The molecule has 1 aliphatic heterocycles. The number of allylic oxidation sites excluding steroid dienone is 2. The van der Waals surface area contributed by atoms with Gasteiger partial charge in [0.1, 0.15) is 0 Å². The van der Waals surface area contributed by atoms with Crippen LogP contribution in [0.2, 0.25) is 0 Å². The third-order valence-corrected chi connectivity index (χ3v) is 3.08. The Morgan fingerprint density at radius 3 is 2.92 bits per heavy atom. The Morgan fingerprint density at radius 2 is 2.31 bits per heavy atom. The van der Waals surface area contributed by atoms with Gasteiger partial charge in [0.15, 0.2) is 0 Å². The summed E-state index contributed by atoms with van der Waals surface area (Å²) in [5.74, 6) is -0.632. The van der Waals surface area contributed by atoms with E-state index in [9.17, 15) is 9.59 Å². The van der Waals surface area contributed by atoms with Crippen molar-refractivity contribution in [2.45, 2.75) is 13.3 Å². The second kappa shape index (κ2) is 2.31. The molecule has 2 unspecified atom stereocenters. The molecule has 0 aromatic heterocycles. The first-order chi connectivity index (χ1) is 6.06. The van der Waals surface area contributed by atoms with Crippen LogP contribution in [0.5, 0.6) is 0 Å². The second-order valence-electron chi connectivity index (χ2n) is 3.74. The number of amides is 2. The summed E-state index contributed by atoms with van der Waals surface area (Å²) in [7, 11) is 0. The summed E-state index contributed by atoms with van der Waals surface area (Å²) in [4.78, 5) is 22.9. The summed E-state index contributed by atoms with van der Waals surface area (Å²) in [5.41, 5.74) is 0.0263. The number of hydrogen-bond donors (Lipinski definition) is 1. The van der Waals surface area contributed by atoms with Crippen molar-refractivity contribution < 1.29 is 9.59 Å². The lowest BCUT2D eigenvalue weighted by atomic mass is 9.69. The van der Waals surface area contributed by atoms with Crippen molar-refractivity contribution in [3.05, 3.63) is 24.3 Å². The Labute approximate surface area is 76.5 Å². The first-order valence-electron chi connectivity index (χ1n) is 4.28. The SMILES string of the molecule is C=C1C=CCC2C(=O)NC(=O)C12C. The van der Waals surface area contributed by atoms with Gasteiger partial charge in [0.2, 0.25) is 11.8 Å². The van der Waals surface area contributed by atoms with Crippen LogP contribution < -0.4 is 5.32 Å². The maximum absolute atomic E-state index is 11.5. The lowest BCUT2D eigenvalue weighted by Crippen LogP contribution is -2.34. The fraction of sp³-hybridized carbons (Fsp3) is 0.400. The first-order valence-corrected chi connectivity index (χ1v) is 4.28. The Hall–Kier alpha value is -1.38. The Bertz CT molecular complexity index is 343. The van der Waals surface area contributed by atoms with Crippen LogP contribution in [-0.2, 0) is 9.59 Å². The molecule has 1 N–H and O–H groups in total. The van der Waals surface area contributed by atoms with Gasteiger partial charge in [-0.05, 0) is 18.9 Å². The van der Waals surface area contributed by atoms with Gasteiger partial charge in [-0.2, -0.15) is 0 Å². The van der Waals surface area contributed by atoms with Gasteiger partial charge in [-0.3, -0.25) is 14.9 Å². The van der Waals surface area contributed by atoms with Gasteiger partial charge in [-0.25, -0.2) is 0 Å². The zero-order chi connectivity index (χ0) is 9.64. The molecule has 13 heavy (non-hydrogen) atoms. The van der Waals surface area contributed by atoms with E-state index in [1.54, 1.807) is 6.92 Å². The first kappa shape index (κ1) is 8.23. The molecule has 1 saturated heterocycles. The van der Waals surface area contributed by atoms with Gasteiger partial charge in [-0.1, -0.05) is 18.7 Å². The molecule has 3 heteroatoms. The van der Waals surface area contributed by atoms with Crippen molar-refractivity contribution in [3.63, 3.8) is 0 Å². The molecule has 0 spiro atoms. The summed E-state index contributed by atoms with van der Waals surface area (Å²) >= 11 is 0. The fourth-order valence-corrected chi connectivity index (χ4v) is 1.98. The third kappa shape index (κ3) is 0.842. The van der Waals surface area contributed by atoms with Gasteiger partial charge >= 0.3 is 0 Å². The largest absolute Gasteiger partial charge is 0.295 e. The third-order valence-electron chi connectivity index (χ3n) is 3.08. The van der Waals surface area contributed by atoms with E-state index >= 15 is 0 Å². The summed E-state index contributed by atoms with van der Waals surface area (Å²) in [6, 6.07) is 0. The van der Waals surface area contributed by atoms with Crippen molar-refractivity contribution in [3.8, 4) is 0 Å². The molecule has 0 aromatic rings. The molecule has 2 amide bonds. The van der Waals surface area contributed by atoms with E-state index in [0.29, 0.717) is 6.42 Å². The van der Waals surface area contributed by atoms with Crippen LogP contribution in [0.3, 0.4) is 0 Å². The maximum atomic E-state index is 11.5. The number of carbonyl (C=O) groups excluding carboxylic acids is 2. The van der Waals surface area contributed by atoms with Gasteiger partial charge in [0.25, 0.3) is 0 Å². The molecule has 0 radical (unpaired) electrons. The maximum Gasteiger partial charge on any atom is 0.237 e. The molecule has 1 heterocycles. The highest BCUT2D eigenvalue weighted by Crippen LogP contribution is 2.44. The Balaban J connectivity index is 2.53. The zero-order valence-corrected chi connectivity index (χ0v) is 7.46. The minimum absolute atomic E-state index is 0.169. The van der Waals surface area contributed by atoms with Crippen molar-refractivity contribution >= 4 is 11.8 Å². The average Bonchev–Trinajstić information content (AvgIpc) is 2.29. The van der Waals surface area contributed by atoms with Crippen LogP contribution in [0, 0.1) is 11.3 Å². The molecule has 2 aliphatic rings. The lowest BCUT2D eigenvalue weighted by molar-refractivity contribution is -0.127. The molecular weight excluding hydrogens is 166 g/mol. The van der Waals surface area contributed by atoms with E-state index in [4.69, 9.17) is 0 Å². The van der Waals surface area contributed by atoms with Gasteiger partial charge < -0.3 is 0 Å². The summed E-state index contributed by atoms with van der Waals surface area (Å²) in [6.07, 6.45) is 4.36. The van der Waals surface area contributed by atoms with E-state index in [-0.39, 0.29) is 17.7 Å². The topological polar surface area (TPSA) is 46.2 Å².